The Morgan fingerprint density at radius 1 is 1.29 bits per heavy atom. The van der Waals surface area contributed by atoms with Gasteiger partial charge in [-0.05, 0) is 44.7 Å². The van der Waals surface area contributed by atoms with Crippen LogP contribution in [0.1, 0.15) is 51.6 Å². The highest BCUT2D eigenvalue weighted by molar-refractivity contribution is 5.14. The van der Waals surface area contributed by atoms with Crippen LogP contribution in [0.25, 0.3) is 0 Å². The number of ether oxygens (including phenoxy) is 1. The van der Waals surface area contributed by atoms with Crippen LogP contribution in [0.5, 0.6) is 0 Å². The van der Waals surface area contributed by atoms with Gasteiger partial charge in [0.2, 0.25) is 0 Å². The van der Waals surface area contributed by atoms with E-state index >= 15 is 0 Å². The fourth-order valence-electron chi connectivity index (χ4n) is 3.01. The van der Waals surface area contributed by atoms with E-state index < -0.39 is 0 Å². The van der Waals surface area contributed by atoms with Crippen LogP contribution in [0.15, 0.2) is 24.4 Å². The number of hydrogen-bond donors (Lipinski definition) is 0. The Morgan fingerprint density at radius 2 is 2.06 bits per heavy atom. The summed E-state index contributed by atoms with van der Waals surface area (Å²) in [6, 6.07) is 6.13. The van der Waals surface area contributed by atoms with Crippen molar-refractivity contribution in [1.82, 2.24) is 4.98 Å². The fraction of sp³-hybridized carbons (Fsp3) is 0.667. The smallest absolute Gasteiger partial charge is 0.110 e. The third-order valence-corrected chi connectivity index (χ3v) is 4.00. The molecule has 0 amide bonds. The van der Waals surface area contributed by atoms with Gasteiger partial charge in [0.05, 0.1) is 5.69 Å². The molecule has 0 radical (unpaired) electrons. The fourth-order valence-corrected chi connectivity index (χ4v) is 3.01. The van der Waals surface area contributed by atoms with E-state index in [-0.39, 0.29) is 5.60 Å². The largest absolute Gasteiger partial charge is 0.369 e. The summed E-state index contributed by atoms with van der Waals surface area (Å²) in [6.45, 7) is 5.04. The highest BCUT2D eigenvalue weighted by Gasteiger charge is 2.38. The molecule has 2 rings (SSSR count). The molecule has 94 valence electrons. The molecule has 0 aliphatic heterocycles. The van der Waals surface area contributed by atoms with E-state index in [2.05, 4.69) is 31.0 Å². The lowest BCUT2D eigenvalue weighted by Gasteiger charge is -2.39. The van der Waals surface area contributed by atoms with Crippen LogP contribution < -0.4 is 0 Å². The van der Waals surface area contributed by atoms with Crippen molar-refractivity contribution >= 4 is 0 Å². The molecule has 2 nitrogen and oxygen atoms in total. The van der Waals surface area contributed by atoms with Crippen LogP contribution >= 0.6 is 0 Å². The normalized spacial score (nSPS) is 21.1. The Bertz CT molecular complexity index is 332. The minimum atomic E-state index is -0.198. The monoisotopic (exact) mass is 233 g/mol. The molecule has 1 aromatic heterocycles. The summed E-state index contributed by atoms with van der Waals surface area (Å²) >= 11 is 0. The first-order chi connectivity index (χ1) is 8.27. The second kappa shape index (κ2) is 5.63. The second-order valence-corrected chi connectivity index (χ2v) is 5.09. The molecular formula is C15H23NO. The third-order valence-electron chi connectivity index (χ3n) is 4.00. The van der Waals surface area contributed by atoms with Gasteiger partial charge < -0.3 is 4.74 Å². The molecule has 1 atom stereocenters. The van der Waals surface area contributed by atoms with E-state index in [9.17, 15) is 0 Å². The van der Waals surface area contributed by atoms with E-state index in [4.69, 9.17) is 4.74 Å². The third kappa shape index (κ3) is 2.68. The summed E-state index contributed by atoms with van der Waals surface area (Å²) in [5, 5.41) is 0. The van der Waals surface area contributed by atoms with Gasteiger partial charge in [-0.2, -0.15) is 0 Å². The number of pyridine rings is 1. The topological polar surface area (TPSA) is 22.1 Å². The van der Waals surface area contributed by atoms with Crippen molar-refractivity contribution in [2.75, 3.05) is 6.61 Å². The summed E-state index contributed by atoms with van der Waals surface area (Å²) < 4.78 is 6.09. The van der Waals surface area contributed by atoms with Crippen LogP contribution in [-0.4, -0.2) is 11.6 Å². The van der Waals surface area contributed by atoms with E-state index in [1.54, 1.807) is 0 Å². The van der Waals surface area contributed by atoms with Crippen LogP contribution in [0.4, 0.5) is 0 Å². The number of hydrogen-bond acceptors (Lipinski definition) is 2. The Balaban J connectivity index is 2.24. The maximum absolute atomic E-state index is 6.09. The van der Waals surface area contributed by atoms with Crippen LogP contribution in [0, 0.1) is 5.92 Å². The molecule has 1 aliphatic carbocycles. The lowest BCUT2D eigenvalue weighted by atomic mass is 9.76. The van der Waals surface area contributed by atoms with E-state index in [0.29, 0.717) is 5.92 Å². The summed E-state index contributed by atoms with van der Waals surface area (Å²) in [7, 11) is 0. The van der Waals surface area contributed by atoms with Crippen molar-refractivity contribution < 1.29 is 4.74 Å². The van der Waals surface area contributed by atoms with Crippen molar-refractivity contribution in [2.45, 2.75) is 51.6 Å². The molecule has 1 unspecified atom stereocenters. The summed E-state index contributed by atoms with van der Waals surface area (Å²) in [5.41, 5.74) is 0.893. The predicted octanol–water partition coefficient (Wildman–Crippen LogP) is 3.91. The van der Waals surface area contributed by atoms with Gasteiger partial charge in [0.1, 0.15) is 5.60 Å². The first-order valence-electron chi connectivity index (χ1n) is 6.83. The Labute approximate surface area is 104 Å². The molecule has 1 aliphatic rings. The highest BCUT2D eigenvalue weighted by Crippen LogP contribution is 2.40. The van der Waals surface area contributed by atoms with Gasteiger partial charge in [0.15, 0.2) is 0 Å². The Kier molecular flexibility index (Phi) is 4.16. The zero-order chi connectivity index (χ0) is 12.1. The van der Waals surface area contributed by atoms with Gasteiger partial charge in [-0.1, -0.05) is 25.3 Å². The van der Waals surface area contributed by atoms with E-state index in [0.717, 1.165) is 12.3 Å². The maximum Gasteiger partial charge on any atom is 0.110 e. The molecule has 0 N–H and O–H groups in total. The Hall–Kier alpha value is -0.890. The van der Waals surface area contributed by atoms with Gasteiger partial charge in [0.25, 0.3) is 0 Å². The minimum Gasteiger partial charge on any atom is -0.369 e. The molecule has 17 heavy (non-hydrogen) atoms. The second-order valence-electron chi connectivity index (χ2n) is 5.09. The molecule has 0 bridgehead atoms. The molecule has 1 heterocycles. The summed E-state index contributed by atoms with van der Waals surface area (Å²) in [5.74, 6) is 0.617. The van der Waals surface area contributed by atoms with E-state index in [1.807, 2.05) is 12.3 Å². The zero-order valence-electron chi connectivity index (χ0n) is 11.0. The number of rotatable bonds is 4. The van der Waals surface area contributed by atoms with Crippen LogP contribution in [0.3, 0.4) is 0 Å². The number of nitrogens with zero attached hydrogens (tertiary/aromatic N) is 1. The average Bonchev–Trinajstić information content (AvgIpc) is 2.41. The Morgan fingerprint density at radius 3 is 2.65 bits per heavy atom. The molecule has 1 fully saturated rings. The molecule has 1 aromatic rings. The standard InChI is InChI=1S/C15H23NO/c1-3-17-15(2,13-9-5-4-6-10-13)14-11-7-8-12-16-14/h7-8,11-13H,3-6,9-10H2,1-2H3. The lowest BCUT2D eigenvalue weighted by Crippen LogP contribution is -2.37. The van der Waals surface area contributed by atoms with Crippen LogP contribution in [0.2, 0.25) is 0 Å². The van der Waals surface area contributed by atoms with Gasteiger partial charge in [-0.15, -0.1) is 0 Å². The number of aromatic nitrogens is 1. The van der Waals surface area contributed by atoms with Crippen molar-refractivity contribution in [3.05, 3.63) is 30.1 Å². The molecule has 0 aromatic carbocycles. The SMILES string of the molecule is CCOC(C)(c1ccccn1)C1CCCCC1. The summed E-state index contributed by atoms with van der Waals surface area (Å²) in [6.07, 6.45) is 8.46. The van der Waals surface area contributed by atoms with Gasteiger partial charge >= 0.3 is 0 Å². The maximum atomic E-state index is 6.09. The molecular weight excluding hydrogens is 210 g/mol. The molecule has 0 spiro atoms. The lowest BCUT2D eigenvalue weighted by molar-refractivity contribution is -0.0875. The molecule has 0 saturated heterocycles. The van der Waals surface area contributed by atoms with Crippen molar-refractivity contribution in [1.29, 1.82) is 0 Å². The first-order valence-corrected chi connectivity index (χ1v) is 6.83. The first kappa shape index (κ1) is 12.6. The molecule has 2 heteroatoms. The van der Waals surface area contributed by atoms with Gasteiger partial charge in [-0.25, -0.2) is 0 Å². The van der Waals surface area contributed by atoms with Gasteiger partial charge in [-0.3, -0.25) is 4.98 Å². The highest BCUT2D eigenvalue weighted by atomic mass is 16.5. The average molecular weight is 233 g/mol. The van der Waals surface area contributed by atoms with E-state index in [1.165, 1.54) is 32.1 Å². The quantitative estimate of drug-likeness (QED) is 0.786. The van der Waals surface area contributed by atoms with Crippen molar-refractivity contribution in [2.24, 2.45) is 5.92 Å². The van der Waals surface area contributed by atoms with Gasteiger partial charge in [0, 0.05) is 12.8 Å². The summed E-state index contributed by atoms with van der Waals surface area (Å²) in [4.78, 5) is 4.52. The predicted molar refractivity (Wildman–Crippen MR) is 69.8 cm³/mol. The molecule has 1 saturated carbocycles. The minimum absolute atomic E-state index is 0.198. The van der Waals surface area contributed by atoms with Crippen molar-refractivity contribution in [3.8, 4) is 0 Å². The zero-order valence-corrected chi connectivity index (χ0v) is 11.0. The van der Waals surface area contributed by atoms with Crippen LogP contribution in [-0.2, 0) is 10.3 Å². The van der Waals surface area contributed by atoms with Crippen molar-refractivity contribution in [3.63, 3.8) is 0 Å².